The molecule has 1 fully saturated rings. The normalized spacial score (nSPS) is 23.9. The number of aliphatic hydroxyl groups excluding tert-OH is 1. The Morgan fingerprint density at radius 1 is 1.60 bits per heavy atom. The molecule has 1 aliphatic heterocycles. The Bertz CT molecular complexity index is 205. The van der Waals surface area contributed by atoms with Gasteiger partial charge in [-0.3, -0.25) is 4.79 Å². The van der Waals surface area contributed by atoms with Gasteiger partial charge in [0, 0.05) is 13.1 Å². The van der Waals surface area contributed by atoms with Crippen LogP contribution in [0.2, 0.25) is 0 Å². The van der Waals surface area contributed by atoms with Gasteiger partial charge in [0.25, 0.3) is 0 Å². The van der Waals surface area contributed by atoms with E-state index in [0.29, 0.717) is 6.54 Å². The molecule has 4 heteroatoms. The molecule has 15 heavy (non-hydrogen) atoms. The van der Waals surface area contributed by atoms with Gasteiger partial charge in [-0.2, -0.15) is 0 Å². The standard InChI is InChI=1S/C11H22N2O2/c1-2-9(7-12)11(15)13-6-4-3-5-10(13)8-14/h9-10,14H,2-8,12H2,1H3. The Hall–Kier alpha value is -0.610. The Morgan fingerprint density at radius 3 is 2.87 bits per heavy atom. The average molecular weight is 214 g/mol. The van der Waals surface area contributed by atoms with Gasteiger partial charge < -0.3 is 15.7 Å². The third-order valence-electron chi connectivity index (χ3n) is 3.25. The monoisotopic (exact) mass is 214 g/mol. The van der Waals surface area contributed by atoms with Gasteiger partial charge in [0.05, 0.1) is 18.6 Å². The molecule has 1 heterocycles. The van der Waals surface area contributed by atoms with Gasteiger partial charge in [-0.25, -0.2) is 0 Å². The van der Waals surface area contributed by atoms with Crippen molar-refractivity contribution in [2.45, 2.75) is 38.6 Å². The van der Waals surface area contributed by atoms with Crippen molar-refractivity contribution in [3.8, 4) is 0 Å². The minimum atomic E-state index is -0.0721. The van der Waals surface area contributed by atoms with E-state index in [-0.39, 0.29) is 24.5 Å². The Balaban J connectivity index is 2.62. The number of amides is 1. The molecule has 0 radical (unpaired) electrons. The van der Waals surface area contributed by atoms with Crippen molar-refractivity contribution in [2.75, 3.05) is 19.7 Å². The van der Waals surface area contributed by atoms with Crippen LogP contribution in [0.1, 0.15) is 32.6 Å². The van der Waals surface area contributed by atoms with Gasteiger partial charge in [0.15, 0.2) is 0 Å². The van der Waals surface area contributed by atoms with Gasteiger partial charge in [0.1, 0.15) is 0 Å². The van der Waals surface area contributed by atoms with E-state index in [1.54, 1.807) is 0 Å². The first-order valence-corrected chi connectivity index (χ1v) is 5.86. The number of nitrogens with zero attached hydrogens (tertiary/aromatic N) is 1. The van der Waals surface area contributed by atoms with Crippen molar-refractivity contribution in [2.24, 2.45) is 11.7 Å². The van der Waals surface area contributed by atoms with E-state index in [1.807, 2.05) is 11.8 Å². The fourth-order valence-corrected chi connectivity index (χ4v) is 2.16. The molecule has 2 atom stereocenters. The lowest BCUT2D eigenvalue weighted by atomic mass is 9.98. The van der Waals surface area contributed by atoms with Crippen molar-refractivity contribution >= 4 is 5.91 Å². The second-order valence-corrected chi connectivity index (χ2v) is 4.20. The van der Waals surface area contributed by atoms with E-state index in [4.69, 9.17) is 5.73 Å². The number of piperidine rings is 1. The molecule has 2 unspecified atom stereocenters. The lowest BCUT2D eigenvalue weighted by Gasteiger charge is -2.36. The minimum absolute atomic E-state index is 0.0202. The van der Waals surface area contributed by atoms with Crippen molar-refractivity contribution < 1.29 is 9.90 Å². The maximum Gasteiger partial charge on any atom is 0.227 e. The summed E-state index contributed by atoms with van der Waals surface area (Å²) >= 11 is 0. The summed E-state index contributed by atoms with van der Waals surface area (Å²) in [5.74, 6) is 0.0518. The number of likely N-dealkylation sites (tertiary alicyclic amines) is 1. The molecular weight excluding hydrogens is 192 g/mol. The minimum Gasteiger partial charge on any atom is -0.394 e. The molecule has 1 saturated heterocycles. The van der Waals surface area contributed by atoms with Crippen molar-refractivity contribution in [3.63, 3.8) is 0 Å². The van der Waals surface area contributed by atoms with Crippen LogP contribution in [-0.2, 0) is 4.79 Å². The van der Waals surface area contributed by atoms with Crippen molar-refractivity contribution in [1.82, 2.24) is 4.90 Å². The fourth-order valence-electron chi connectivity index (χ4n) is 2.16. The van der Waals surface area contributed by atoms with E-state index < -0.39 is 0 Å². The van der Waals surface area contributed by atoms with Crippen LogP contribution in [0.3, 0.4) is 0 Å². The maximum absolute atomic E-state index is 12.1. The zero-order valence-electron chi connectivity index (χ0n) is 9.48. The lowest BCUT2D eigenvalue weighted by Crippen LogP contribution is -2.49. The Morgan fingerprint density at radius 2 is 2.33 bits per heavy atom. The van der Waals surface area contributed by atoms with Crippen LogP contribution in [0.5, 0.6) is 0 Å². The molecule has 4 nitrogen and oxygen atoms in total. The number of nitrogens with two attached hydrogens (primary N) is 1. The van der Waals surface area contributed by atoms with E-state index in [9.17, 15) is 9.90 Å². The van der Waals surface area contributed by atoms with Crippen molar-refractivity contribution in [1.29, 1.82) is 0 Å². The summed E-state index contributed by atoms with van der Waals surface area (Å²) in [4.78, 5) is 13.9. The number of rotatable bonds is 4. The van der Waals surface area contributed by atoms with E-state index in [2.05, 4.69) is 0 Å². The largest absolute Gasteiger partial charge is 0.394 e. The van der Waals surface area contributed by atoms with Crippen LogP contribution < -0.4 is 5.73 Å². The van der Waals surface area contributed by atoms with Gasteiger partial charge in [0.2, 0.25) is 5.91 Å². The van der Waals surface area contributed by atoms with Crippen LogP contribution in [0.15, 0.2) is 0 Å². The maximum atomic E-state index is 12.1. The summed E-state index contributed by atoms with van der Waals surface area (Å²) in [6, 6.07) is 0.0202. The molecule has 1 amide bonds. The predicted molar refractivity (Wildman–Crippen MR) is 59.3 cm³/mol. The van der Waals surface area contributed by atoms with E-state index in [0.717, 1.165) is 32.2 Å². The quantitative estimate of drug-likeness (QED) is 0.709. The molecule has 0 aromatic heterocycles. The zero-order chi connectivity index (χ0) is 11.3. The Labute approximate surface area is 91.4 Å². The van der Waals surface area contributed by atoms with Gasteiger partial charge >= 0.3 is 0 Å². The fraction of sp³-hybridized carbons (Fsp3) is 0.909. The molecular formula is C11H22N2O2. The highest BCUT2D eigenvalue weighted by Gasteiger charge is 2.29. The topological polar surface area (TPSA) is 66.6 Å². The predicted octanol–water partition coefficient (Wildman–Crippen LogP) is 0.345. The highest BCUT2D eigenvalue weighted by Crippen LogP contribution is 2.19. The van der Waals surface area contributed by atoms with Crippen LogP contribution in [0, 0.1) is 5.92 Å². The number of carbonyl (C=O) groups excluding carboxylic acids is 1. The summed E-state index contributed by atoms with van der Waals surface area (Å²) in [7, 11) is 0. The molecule has 0 bridgehead atoms. The number of aliphatic hydroxyl groups is 1. The molecule has 1 aliphatic rings. The van der Waals surface area contributed by atoms with Crippen LogP contribution >= 0.6 is 0 Å². The van der Waals surface area contributed by atoms with Gasteiger partial charge in [-0.1, -0.05) is 6.92 Å². The molecule has 0 saturated carbocycles. The van der Waals surface area contributed by atoms with E-state index >= 15 is 0 Å². The highest BCUT2D eigenvalue weighted by molar-refractivity contribution is 5.79. The van der Waals surface area contributed by atoms with Crippen molar-refractivity contribution in [3.05, 3.63) is 0 Å². The second kappa shape index (κ2) is 6.08. The van der Waals surface area contributed by atoms with Crippen LogP contribution in [0.25, 0.3) is 0 Å². The number of carbonyl (C=O) groups is 1. The summed E-state index contributed by atoms with van der Waals surface area (Å²) in [6.45, 7) is 3.24. The summed E-state index contributed by atoms with van der Waals surface area (Å²) in [5.41, 5.74) is 5.57. The molecule has 0 aliphatic carbocycles. The third-order valence-corrected chi connectivity index (χ3v) is 3.25. The number of hydrogen-bond donors (Lipinski definition) is 2. The SMILES string of the molecule is CCC(CN)C(=O)N1CCCCC1CO. The summed E-state index contributed by atoms with van der Waals surface area (Å²) in [5, 5.41) is 9.21. The first-order chi connectivity index (χ1) is 7.24. The molecule has 3 N–H and O–H groups in total. The molecule has 0 aromatic carbocycles. The molecule has 0 spiro atoms. The first kappa shape index (κ1) is 12.5. The van der Waals surface area contributed by atoms with Gasteiger partial charge in [-0.05, 0) is 25.7 Å². The summed E-state index contributed by atoms with van der Waals surface area (Å²) in [6.07, 6.45) is 3.85. The second-order valence-electron chi connectivity index (χ2n) is 4.20. The third kappa shape index (κ3) is 2.92. The van der Waals surface area contributed by atoms with Gasteiger partial charge in [-0.15, -0.1) is 0 Å². The lowest BCUT2D eigenvalue weighted by molar-refractivity contribution is -0.140. The smallest absolute Gasteiger partial charge is 0.227 e. The van der Waals surface area contributed by atoms with Crippen LogP contribution in [-0.4, -0.2) is 41.7 Å². The molecule has 1 rings (SSSR count). The summed E-state index contributed by atoms with van der Waals surface area (Å²) < 4.78 is 0. The zero-order valence-corrected chi connectivity index (χ0v) is 9.48. The highest BCUT2D eigenvalue weighted by atomic mass is 16.3. The number of hydrogen-bond acceptors (Lipinski definition) is 3. The van der Waals surface area contributed by atoms with Crippen LogP contribution in [0.4, 0.5) is 0 Å². The first-order valence-electron chi connectivity index (χ1n) is 5.86. The Kier molecular flexibility index (Phi) is 5.05. The average Bonchev–Trinajstić information content (AvgIpc) is 2.30. The molecule has 88 valence electrons. The van der Waals surface area contributed by atoms with E-state index in [1.165, 1.54) is 0 Å². The molecule has 0 aromatic rings.